The van der Waals surface area contributed by atoms with Crippen molar-refractivity contribution >= 4 is 23.2 Å². The minimum Gasteiger partial charge on any atom is -0.507 e. The van der Waals surface area contributed by atoms with E-state index in [9.17, 15) is 24.6 Å². The molecule has 2 aromatic carbocycles. The topological polar surface area (TPSA) is 113 Å². The first-order valence-electron chi connectivity index (χ1n) is 8.39. The Morgan fingerprint density at radius 1 is 1.07 bits per heavy atom. The molecule has 2 N–H and O–H groups in total. The number of nitrogens with zero attached hydrogens (tertiary/aromatic N) is 1. The van der Waals surface area contributed by atoms with Gasteiger partial charge >= 0.3 is 5.97 Å². The van der Waals surface area contributed by atoms with Crippen LogP contribution in [0.5, 0.6) is 11.5 Å². The van der Waals surface area contributed by atoms with Crippen LogP contribution in [0.3, 0.4) is 0 Å². The first-order chi connectivity index (χ1) is 12.9. The van der Waals surface area contributed by atoms with E-state index in [2.05, 4.69) is 9.99 Å². The fourth-order valence-electron chi connectivity index (χ4n) is 3.06. The molecule has 0 aliphatic heterocycles. The van der Waals surface area contributed by atoms with Crippen LogP contribution in [0.2, 0.25) is 0 Å². The lowest BCUT2D eigenvalue weighted by atomic mass is 9.81. The number of oxime groups is 1. The van der Waals surface area contributed by atoms with Crippen LogP contribution in [0.25, 0.3) is 0 Å². The van der Waals surface area contributed by atoms with E-state index in [0.717, 1.165) is 6.07 Å². The van der Waals surface area contributed by atoms with E-state index in [4.69, 9.17) is 0 Å². The highest BCUT2D eigenvalue weighted by Crippen LogP contribution is 2.40. The summed E-state index contributed by atoms with van der Waals surface area (Å²) in [4.78, 5) is 41.3. The Hall–Kier alpha value is -3.48. The average molecular weight is 367 g/mol. The van der Waals surface area contributed by atoms with Crippen LogP contribution in [0.4, 0.5) is 0 Å². The molecule has 1 aliphatic carbocycles. The summed E-state index contributed by atoms with van der Waals surface area (Å²) in [5.41, 5.74) is 0.0107. The molecular formula is C20H17NO6. The SMILES string of the molecule is CCC/C(=N\OC(C)=O)c1cc(O)c2c(c1O)C(=O)c1ccccc1C2=O. The molecule has 138 valence electrons. The van der Waals surface area contributed by atoms with Gasteiger partial charge in [0.05, 0.1) is 16.8 Å². The largest absolute Gasteiger partial charge is 0.507 e. The number of ketones is 2. The highest BCUT2D eigenvalue weighted by Gasteiger charge is 2.36. The molecule has 0 saturated carbocycles. The zero-order chi connectivity index (χ0) is 19.7. The molecule has 0 unspecified atom stereocenters. The molecule has 0 amide bonds. The first kappa shape index (κ1) is 18.3. The lowest BCUT2D eigenvalue weighted by Crippen LogP contribution is -2.22. The van der Waals surface area contributed by atoms with Gasteiger partial charge in [0.2, 0.25) is 0 Å². The van der Waals surface area contributed by atoms with Gasteiger partial charge in [0.1, 0.15) is 11.5 Å². The number of hydrogen-bond donors (Lipinski definition) is 2. The molecule has 0 radical (unpaired) electrons. The third-order valence-corrected chi connectivity index (χ3v) is 4.23. The summed E-state index contributed by atoms with van der Waals surface area (Å²) in [6.45, 7) is 3.03. The summed E-state index contributed by atoms with van der Waals surface area (Å²) in [6, 6.07) is 7.37. The van der Waals surface area contributed by atoms with Gasteiger partial charge in [-0.1, -0.05) is 42.8 Å². The summed E-state index contributed by atoms with van der Waals surface area (Å²) in [5, 5.41) is 24.9. The molecule has 27 heavy (non-hydrogen) atoms. The lowest BCUT2D eigenvalue weighted by molar-refractivity contribution is -0.140. The maximum atomic E-state index is 12.9. The van der Waals surface area contributed by atoms with Gasteiger partial charge in [0.15, 0.2) is 11.6 Å². The molecule has 0 bridgehead atoms. The quantitative estimate of drug-likeness (QED) is 0.317. The van der Waals surface area contributed by atoms with Gasteiger partial charge in [-0.15, -0.1) is 0 Å². The monoisotopic (exact) mass is 367 g/mol. The third-order valence-electron chi connectivity index (χ3n) is 4.23. The van der Waals surface area contributed by atoms with Crippen molar-refractivity contribution in [2.24, 2.45) is 5.16 Å². The number of phenolic OH excluding ortho intramolecular Hbond substituents is 2. The van der Waals surface area contributed by atoms with Gasteiger partial charge in [0, 0.05) is 23.6 Å². The van der Waals surface area contributed by atoms with E-state index in [-0.39, 0.29) is 33.5 Å². The molecule has 2 aromatic rings. The maximum absolute atomic E-state index is 12.9. The second kappa shape index (κ2) is 7.03. The number of benzene rings is 2. The Bertz CT molecular complexity index is 1010. The Kier molecular flexibility index (Phi) is 4.77. The van der Waals surface area contributed by atoms with Gasteiger partial charge in [-0.2, -0.15) is 0 Å². The second-order valence-corrected chi connectivity index (χ2v) is 6.12. The molecule has 0 aromatic heterocycles. The predicted molar refractivity (Wildman–Crippen MR) is 96.3 cm³/mol. The Morgan fingerprint density at radius 2 is 1.67 bits per heavy atom. The number of rotatable bonds is 4. The van der Waals surface area contributed by atoms with Crippen LogP contribution < -0.4 is 0 Å². The number of phenols is 2. The molecule has 0 atom stereocenters. The van der Waals surface area contributed by atoms with Gasteiger partial charge in [-0.25, -0.2) is 4.79 Å². The van der Waals surface area contributed by atoms with Crippen molar-refractivity contribution in [3.05, 3.63) is 58.1 Å². The van der Waals surface area contributed by atoms with Gasteiger partial charge < -0.3 is 15.1 Å². The molecule has 7 nitrogen and oxygen atoms in total. The summed E-state index contributed by atoms with van der Waals surface area (Å²) in [5.74, 6) is -2.69. The van der Waals surface area contributed by atoms with E-state index < -0.39 is 29.0 Å². The van der Waals surface area contributed by atoms with Crippen LogP contribution in [0.15, 0.2) is 35.5 Å². The summed E-state index contributed by atoms with van der Waals surface area (Å²) in [7, 11) is 0. The van der Waals surface area contributed by atoms with Crippen LogP contribution >= 0.6 is 0 Å². The normalized spacial score (nSPS) is 13.2. The lowest BCUT2D eigenvalue weighted by Gasteiger charge is -2.21. The van der Waals surface area contributed by atoms with Crippen molar-refractivity contribution in [1.82, 2.24) is 0 Å². The smallest absolute Gasteiger partial charge is 0.331 e. The van der Waals surface area contributed by atoms with Crippen LogP contribution in [0.1, 0.15) is 64.1 Å². The highest BCUT2D eigenvalue weighted by molar-refractivity contribution is 6.31. The van der Waals surface area contributed by atoms with Crippen molar-refractivity contribution < 1.29 is 29.4 Å². The molecule has 7 heteroatoms. The van der Waals surface area contributed by atoms with E-state index in [0.29, 0.717) is 12.8 Å². The van der Waals surface area contributed by atoms with Gasteiger partial charge in [-0.3, -0.25) is 9.59 Å². The van der Waals surface area contributed by atoms with Crippen LogP contribution in [-0.2, 0) is 9.63 Å². The average Bonchev–Trinajstić information content (AvgIpc) is 2.64. The van der Waals surface area contributed by atoms with Gasteiger partial charge in [0.25, 0.3) is 0 Å². The molecule has 0 heterocycles. The maximum Gasteiger partial charge on any atom is 0.331 e. The summed E-state index contributed by atoms with van der Waals surface area (Å²) >= 11 is 0. The minimum absolute atomic E-state index is 0.0369. The van der Waals surface area contributed by atoms with Crippen LogP contribution in [0, 0.1) is 0 Å². The summed E-state index contributed by atoms with van der Waals surface area (Å²) < 4.78 is 0. The van der Waals surface area contributed by atoms with E-state index >= 15 is 0 Å². The predicted octanol–water partition coefficient (Wildman–Crippen LogP) is 2.94. The molecule has 0 fully saturated rings. The van der Waals surface area contributed by atoms with Crippen molar-refractivity contribution in [3.8, 4) is 11.5 Å². The van der Waals surface area contributed by atoms with Crippen molar-refractivity contribution in [2.75, 3.05) is 0 Å². The third kappa shape index (κ3) is 3.08. The van der Waals surface area contributed by atoms with E-state index in [1.165, 1.54) is 19.1 Å². The fourth-order valence-corrected chi connectivity index (χ4v) is 3.06. The molecule has 0 saturated heterocycles. The number of carbonyl (C=O) groups is 3. The second-order valence-electron chi connectivity index (χ2n) is 6.12. The molecule has 3 rings (SSSR count). The highest BCUT2D eigenvalue weighted by atomic mass is 16.7. The number of aromatic hydroxyl groups is 2. The number of hydrogen-bond acceptors (Lipinski definition) is 7. The van der Waals surface area contributed by atoms with Crippen molar-refractivity contribution in [1.29, 1.82) is 0 Å². The van der Waals surface area contributed by atoms with Gasteiger partial charge in [-0.05, 0) is 12.5 Å². The zero-order valence-corrected chi connectivity index (χ0v) is 14.8. The molecule has 1 aliphatic rings. The van der Waals surface area contributed by atoms with E-state index in [1.54, 1.807) is 12.1 Å². The van der Waals surface area contributed by atoms with Crippen molar-refractivity contribution in [2.45, 2.75) is 26.7 Å². The Morgan fingerprint density at radius 3 is 2.22 bits per heavy atom. The first-order valence-corrected chi connectivity index (χ1v) is 8.39. The number of carbonyl (C=O) groups excluding carboxylic acids is 3. The number of fused-ring (bicyclic) bond motifs is 2. The minimum atomic E-state index is -0.648. The zero-order valence-electron chi connectivity index (χ0n) is 14.8. The Balaban J connectivity index is 2.24. The summed E-state index contributed by atoms with van der Waals surface area (Å²) in [6.07, 6.45) is 0.922. The Labute approximate surface area is 154 Å². The standard InChI is InChI=1S/C20H17NO6/c1-3-6-14(21-27-10(2)22)13-9-15(23)16-17(20(13)26)19(25)12-8-5-4-7-11(12)18(16)24/h4-5,7-9,23,26H,3,6H2,1-2H3/b21-14+. The molecule has 0 spiro atoms. The fraction of sp³-hybridized carbons (Fsp3) is 0.200. The van der Waals surface area contributed by atoms with Crippen LogP contribution in [-0.4, -0.2) is 33.5 Å². The molecular weight excluding hydrogens is 350 g/mol. The van der Waals surface area contributed by atoms with Crippen molar-refractivity contribution in [3.63, 3.8) is 0 Å². The van der Waals surface area contributed by atoms with E-state index in [1.807, 2.05) is 6.92 Å².